The Bertz CT molecular complexity index is 637. The van der Waals surface area contributed by atoms with Crippen LogP contribution in [-0.4, -0.2) is 13.0 Å². The fraction of sp³-hybridized carbons (Fsp3) is 0.133. The van der Waals surface area contributed by atoms with Gasteiger partial charge in [-0.2, -0.15) is 0 Å². The van der Waals surface area contributed by atoms with Gasteiger partial charge in [0.1, 0.15) is 11.6 Å². The van der Waals surface area contributed by atoms with Crippen molar-refractivity contribution in [2.24, 2.45) is 0 Å². The molecule has 2 aromatic rings. The summed E-state index contributed by atoms with van der Waals surface area (Å²) >= 11 is 0. The van der Waals surface area contributed by atoms with Crippen molar-refractivity contribution in [3.8, 4) is 5.75 Å². The minimum Gasteiger partial charge on any atom is -0.497 e. The molecule has 1 aliphatic rings. The third-order valence-corrected chi connectivity index (χ3v) is 3.20. The largest absolute Gasteiger partial charge is 0.497 e. The lowest BCUT2D eigenvalue weighted by Gasteiger charge is -2.17. The zero-order valence-corrected chi connectivity index (χ0v) is 10.4. The highest BCUT2D eigenvalue weighted by molar-refractivity contribution is 6.07. The number of benzene rings is 2. The summed E-state index contributed by atoms with van der Waals surface area (Å²) in [5.74, 6) is 0.396. The van der Waals surface area contributed by atoms with Crippen molar-refractivity contribution in [1.82, 2.24) is 0 Å². The summed E-state index contributed by atoms with van der Waals surface area (Å²) in [7, 11) is 1.59. The Morgan fingerprint density at radius 2 is 1.89 bits per heavy atom. The highest BCUT2D eigenvalue weighted by Crippen LogP contribution is 2.37. The third kappa shape index (κ3) is 1.95. The van der Waals surface area contributed by atoms with Crippen LogP contribution in [0.25, 0.3) is 0 Å². The summed E-state index contributed by atoms with van der Waals surface area (Å²) in [6.45, 7) is 0. The summed E-state index contributed by atoms with van der Waals surface area (Å²) in [6, 6.07) is 11.4. The van der Waals surface area contributed by atoms with Gasteiger partial charge in [0.2, 0.25) is 5.91 Å². The number of ether oxygens (including phenoxy) is 1. The number of methoxy groups -OCH3 is 1. The minimum absolute atomic E-state index is 0.0186. The van der Waals surface area contributed by atoms with Gasteiger partial charge in [0, 0.05) is 5.69 Å². The van der Waals surface area contributed by atoms with Gasteiger partial charge in [-0.25, -0.2) is 4.39 Å². The Balaban J connectivity index is 2.05. The molecule has 0 unspecified atom stereocenters. The molecule has 0 radical (unpaired) electrons. The van der Waals surface area contributed by atoms with E-state index in [0.717, 1.165) is 17.0 Å². The molecule has 3 rings (SSSR count). The zero-order chi connectivity index (χ0) is 13.4. The van der Waals surface area contributed by atoms with Crippen molar-refractivity contribution in [3.63, 3.8) is 0 Å². The smallest absolute Gasteiger partial charge is 0.236 e. The first-order chi connectivity index (χ1) is 9.19. The quantitative estimate of drug-likeness (QED) is 0.827. The number of amides is 1. The summed E-state index contributed by atoms with van der Waals surface area (Å²) in [6.07, 6.45) is 0.337. The molecular weight excluding hydrogens is 245 g/mol. The summed E-state index contributed by atoms with van der Waals surface area (Å²) in [4.78, 5) is 13.7. The molecule has 0 saturated heterocycles. The van der Waals surface area contributed by atoms with Gasteiger partial charge in [-0.15, -0.1) is 0 Å². The van der Waals surface area contributed by atoms with Gasteiger partial charge in [-0.1, -0.05) is 0 Å². The number of nitrogens with zero attached hydrogens (tertiary/aromatic N) is 1. The number of hydrogen-bond acceptors (Lipinski definition) is 2. The first-order valence-corrected chi connectivity index (χ1v) is 5.94. The lowest BCUT2D eigenvalue weighted by Crippen LogP contribution is -2.20. The second-order valence-electron chi connectivity index (χ2n) is 4.38. The molecule has 0 aliphatic carbocycles. The van der Waals surface area contributed by atoms with Crippen molar-refractivity contribution >= 4 is 17.3 Å². The Labute approximate surface area is 110 Å². The van der Waals surface area contributed by atoms with E-state index in [9.17, 15) is 9.18 Å². The molecular formula is C15H12FNO2. The third-order valence-electron chi connectivity index (χ3n) is 3.20. The van der Waals surface area contributed by atoms with E-state index in [-0.39, 0.29) is 11.7 Å². The van der Waals surface area contributed by atoms with E-state index in [1.807, 2.05) is 18.2 Å². The number of halogens is 1. The van der Waals surface area contributed by atoms with Gasteiger partial charge in [-0.3, -0.25) is 9.69 Å². The van der Waals surface area contributed by atoms with Crippen molar-refractivity contribution in [2.45, 2.75) is 6.42 Å². The Kier molecular flexibility index (Phi) is 2.71. The molecule has 1 aliphatic heterocycles. The number of fused-ring (bicyclic) bond motifs is 1. The predicted molar refractivity (Wildman–Crippen MR) is 70.2 cm³/mol. The van der Waals surface area contributed by atoms with Crippen molar-refractivity contribution in [2.75, 3.05) is 12.0 Å². The molecule has 1 amide bonds. The van der Waals surface area contributed by atoms with E-state index in [0.29, 0.717) is 12.1 Å². The summed E-state index contributed by atoms with van der Waals surface area (Å²) < 4.78 is 18.1. The summed E-state index contributed by atoms with van der Waals surface area (Å²) in [5, 5.41) is 0. The van der Waals surface area contributed by atoms with Crippen LogP contribution in [0, 0.1) is 5.82 Å². The molecule has 2 aromatic carbocycles. The van der Waals surface area contributed by atoms with Gasteiger partial charge in [0.25, 0.3) is 0 Å². The molecule has 0 saturated carbocycles. The van der Waals surface area contributed by atoms with Crippen molar-refractivity contribution in [3.05, 3.63) is 53.8 Å². The average Bonchev–Trinajstić information content (AvgIpc) is 2.74. The number of anilines is 2. The standard InChI is InChI=1S/C15H12FNO2/c1-19-13-6-7-14-10(8-13)9-15(18)17(14)12-4-2-11(16)3-5-12/h2-8H,9H2,1H3. The van der Waals surface area contributed by atoms with E-state index < -0.39 is 0 Å². The Morgan fingerprint density at radius 3 is 2.58 bits per heavy atom. The Morgan fingerprint density at radius 1 is 1.16 bits per heavy atom. The van der Waals surface area contributed by atoms with Gasteiger partial charge in [0.05, 0.1) is 19.2 Å². The molecule has 0 bridgehead atoms. The zero-order valence-electron chi connectivity index (χ0n) is 10.4. The minimum atomic E-state index is -0.314. The molecule has 1 heterocycles. The second-order valence-corrected chi connectivity index (χ2v) is 4.38. The van der Waals surface area contributed by atoms with Crippen molar-refractivity contribution < 1.29 is 13.9 Å². The monoisotopic (exact) mass is 257 g/mol. The fourth-order valence-electron chi connectivity index (χ4n) is 2.30. The van der Waals surface area contributed by atoms with E-state index in [2.05, 4.69) is 0 Å². The van der Waals surface area contributed by atoms with Crippen LogP contribution in [0.4, 0.5) is 15.8 Å². The van der Waals surface area contributed by atoms with Crippen LogP contribution >= 0.6 is 0 Å². The molecule has 0 atom stereocenters. The molecule has 3 nitrogen and oxygen atoms in total. The number of hydrogen-bond donors (Lipinski definition) is 0. The molecule has 0 spiro atoms. The van der Waals surface area contributed by atoms with Gasteiger partial charge in [0.15, 0.2) is 0 Å². The number of carbonyl (C=O) groups excluding carboxylic acids is 1. The van der Waals surface area contributed by atoms with Crippen LogP contribution in [0.3, 0.4) is 0 Å². The number of carbonyl (C=O) groups is 1. The second kappa shape index (κ2) is 4.39. The van der Waals surface area contributed by atoms with Crippen LogP contribution in [-0.2, 0) is 11.2 Å². The average molecular weight is 257 g/mol. The maximum Gasteiger partial charge on any atom is 0.236 e. The molecule has 0 aromatic heterocycles. The van der Waals surface area contributed by atoms with E-state index in [4.69, 9.17) is 4.74 Å². The normalized spacial score (nSPS) is 13.6. The van der Waals surface area contributed by atoms with Crippen LogP contribution in [0.5, 0.6) is 5.75 Å². The molecule has 96 valence electrons. The topological polar surface area (TPSA) is 29.5 Å². The van der Waals surface area contributed by atoms with E-state index in [1.165, 1.54) is 12.1 Å². The highest BCUT2D eigenvalue weighted by Gasteiger charge is 2.28. The van der Waals surface area contributed by atoms with Crippen molar-refractivity contribution in [1.29, 1.82) is 0 Å². The predicted octanol–water partition coefficient (Wildman–Crippen LogP) is 3.06. The van der Waals surface area contributed by atoms with Gasteiger partial charge >= 0.3 is 0 Å². The molecule has 0 N–H and O–H groups in total. The maximum atomic E-state index is 12.9. The van der Waals surface area contributed by atoms with Gasteiger partial charge in [-0.05, 0) is 48.0 Å². The fourth-order valence-corrected chi connectivity index (χ4v) is 2.30. The van der Waals surface area contributed by atoms with E-state index in [1.54, 1.807) is 24.1 Å². The van der Waals surface area contributed by atoms with Gasteiger partial charge < -0.3 is 4.74 Å². The van der Waals surface area contributed by atoms with Crippen LogP contribution in [0.2, 0.25) is 0 Å². The van der Waals surface area contributed by atoms with E-state index >= 15 is 0 Å². The lowest BCUT2D eigenvalue weighted by molar-refractivity contribution is -0.116. The maximum absolute atomic E-state index is 12.9. The highest BCUT2D eigenvalue weighted by atomic mass is 19.1. The lowest BCUT2D eigenvalue weighted by atomic mass is 10.1. The summed E-state index contributed by atoms with van der Waals surface area (Å²) in [5.41, 5.74) is 2.43. The first kappa shape index (κ1) is 11.7. The molecule has 0 fully saturated rings. The molecule has 19 heavy (non-hydrogen) atoms. The molecule has 4 heteroatoms. The number of rotatable bonds is 2. The van der Waals surface area contributed by atoms with Crippen LogP contribution < -0.4 is 9.64 Å². The van der Waals surface area contributed by atoms with Crippen LogP contribution in [0.15, 0.2) is 42.5 Å². The van der Waals surface area contributed by atoms with Crippen LogP contribution in [0.1, 0.15) is 5.56 Å². The SMILES string of the molecule is COc1ccc2c(c1)CC(=O)N2c1ccc(F)cc1. The Hall–Kier alpha value is -2.36. The first-order valence-electron chi connectivity index (χ1n) is 5.94.